The van der Waals surface area contributed by atoms with Gasteiger partial charge in [-0.15, -0.1) is 0 Å². The summed E-state index contributed by atoms with van der Waals surface area (Å²) in [4.78, 5) is 16.4. The van der Waals surface area contributed by atoms with Gasteiger partial charge in [-0.05, 0) is 23.8 Å². The molecule has 0 bridgehead atoms. The van der Waals surface area contributed by atoms with E-state index in [4.69, 9.17) is 0 Å². The van der Waals surface area contributed by atoms with Crippen molar-refractivity contribution in [3.63, 3.8) is 0 Å². The largest absolute Gasteiger partial charge is 0.294 e. The molecule has 0 saturated carbocycles. The van der Waals surface area contributed by atoms with Crippen LogP contribution in [0.4, 0.5) is 8.78 Å². The molecule has 0 saturated heterocycles. The first-order valence-electron chi connectivity index (χ1n) is 6.46. The van der Waals surface area contributed by atoms with Crippen LogP contribution in [0.25, 0.3) is 10.9 Å². The molecule has 2 nitrogen and oxygen atoms in total. The lowest BCUT2D eigenvalue weighted by Gasteiger charge is -2.05. The van der Waals surface area contributed by atoms with E-state index in [2.05, 4.69) is 4.98 Å². The SMILES string of the molecule is O=C(Cc1cccc(F)c1F)c1cnc2ccccc2c1. The topological polar surface area (TPSA) is 30.0 Å². The molecule has 0 aliphatic heterocycles. The van der Waals surface area contributed by atoms with Crippen molar-refractivity contribution in [1.29, 1.82) is 0 Å². The van der Waals surface area contributed by atoms with Gasteiger partial charge in [0.25, 0.3) is 0 Å². The summed E-state index contributed by atoms with van der Waals surface area (Å²) in [6.45, 7) is 0. The lowest BCUT2D eigenvalue weighted by Crippen LogP contribution is -2.06. The van der Waals surface area contributed by atoms with E-state index >= 15 is 0 Å². The number of hydrogen-bond donors (Lipinski definition) is 0. The van der Waals surface area contributed by atoms with E-state index in [0.717, 1.165) is 17.0 Å². The fourth-order valence-corrected chi connectivity index (χ4v) is 2.18. The van der Waals surface area contributed by atoms with Gasteiger partial charge in [0.05, 0.1) is 5.52 Å². The lowest BCUT2D eigenvalue weighted by molar-refractivity contribution is 0.0991. The van der Waals surface area contributed by atoms with Crippen molar-refractivity contribution in [2.24, 2.45) is 0 Å². The molecule has 2 aromatic carbocycles. The summed E-state index contributed by atoms with van der Waals surface area (Å²) in [5, 5.41) is 0.836. The van der Waals surface area contributed by atoms with Gasteiger partial charge in [-0.3, -0.25) is 9.78 Å². The van der Waals surface area contributed by atoms with Crippen LogP contribution >= 0.6 is 0 Å². The van der Waals surface area contributed by atoms with Crippen molar-refractivity contribution in [2.75, 3.05) is 0 Å². The van der Waals surface area contributed by atoms with Crippen LogP contribution in [0.2, 0.25) is 0 Å². The van der Waals surface area contributed by atoms with Crippen LogP contribution in [0.3, 0.4) is 0 Å². The monoisotopic (exact) mass is 283 g/mol. The highest BCUT2D eigenvalue weighted by atomic mass is 19.2. The van der Waals surface area contributed by atoms with Gasteiger partial charge >= 0.3 is 0 Å². The lowest BCUT2D eigenvalue weighted by atomic mass is 10.0. The standard InChI is InChI=1S/C17H11F2NO/c18-14-6-3-5-12(17(14)19)9-16(21)13-8-11-4-1-2-7-15(11)20-10-13/h1-8,10H,9H2. The Hall–Kier alpha value is -2.62. The summed E-state index contributed by atoms with van der Waals surface area (Å²) in [7, 11) is 0. The fraction of sp³-hybridized carbons (Fsp3) is 0.0588. The predicted molar refractivity (Wildman–Crippen MR) is 76.1 cm³/mol. The smallest absolute Gasteiger partial charge is 0.168 e. The number of carbonyl (C=O) groups is 1. The molecule has 0 unspecified atom stereocenters. The molecule has 0 spiro atoms. The summed E-state index contributed by atoms with van der Waals surface area (Å²) in [6.07, 6.45) is 1.27. The van der Waals surface area contributed by atoms with Crippen molar-refractivity contribution >= 4 is 16.7 Å². The van der Waals surface area contributed by atoms with Crippen LogP contribution in [-0.4, -0.2) is 10.8 Å². The third kappa shape index (κ3) is 2.65. The van der Waals surface area contributed by atoms with Gasteiger partial charge < -0.3 is 0 Å². The molecule has 1 aromatic heterocycles. The Morgan fingerprint density at radius 2 is 1.86 bits per heavy atom. The quantitative estimate of drug-likeness (QED) is 0.681. The Morgan fingerprint density at radius 1 is 1.05 bits per heavy atom. The zero-order valence-electron chi connectivity index (χ0n) is 11.0. The number of ketones is 1. The Kier molecular flexibility index (Phi) is 3.44. The number of Topliss-reactive ketones (excluding diaryl/α,β-unsaturated/α-hetero) is 1. The van der Waals surface area contributed by atoms with E-state index in [-0.39, 0.29) is 17.8 Å². The van der Waals surface area contributed by atoms with Gasteiger partial charge in [-0.1, -0.05) is 30.3 Å². The van der Waals surface area contributed by atoms with Crippen LogP contribution in [0.15, 0.2) is 54.7 Å². The molecular formula is C17H11F2NO. The maximum absolute atomic E-state index is 13.6. The number of benzene rings is 2. The molecule has 4 heteroatoms. The summed E-state index contributed by atoms with van der Waals surface area (Å²) in [5.41, 5.74) is 1.22. The number of carbonyl (C=O) groups excluding carboxylic acids is 1. The summed E-state index contributed by atoms with van der Waals surface area (Å²) >= 11 is 0. The number of hydrogen-bond acceptors (Lipinski definition) is 2. The van der Waals surface area contributed by atoms with Crippen molar-refractivity contribution in [1.82, 2.24) is 4.98 Å². The Bertz CT molecular complexity index is 830. The van der Waals surface area contributed by atoms with Crippen LogP contribution in [-0.2, 0) is 6.42 Å². The molecule has 0 N–H and O–H groups in total. The average Bonchev–Trinajstić information content (AvgIpc) is 2.51. The third-order valence-electron chi connectivity index (χ3n) is 3.30. The Labute approximate surface area is 120 Å². The zero-order chi connectivity index (χ0) is 14.8. The van der Waals surface area contributed by atoms with Gasteiger partial charge in [0.15, 0.2) is 17.4 Å². The van der Waals surface area contributed by atoms with E-state index in [1.54, 1.807) is 6.07 Å². The summed E-state index contributed by atoms with van der Waals surface area (Å²) in [6, 6.07) is 12.9. The molecule has 3 rings (SSSR count). The molecule has 104 valence electrons. The van der Waals surface area contributed by atoms with Crippen LogP contribution in [0.5, 0.6) is 0 Å². The van der Waals surface area contributed by atoms with Gasteiger partial charge in [0.2, 0.25) is 0 Å². The number of aromatic nitrogens is 1. The third-order valence-corrected chi connectivity index (χ3v) is 3.30. The zero-order valence-corrected chi connectivity index (χ0v) is 11.0. The van der Waals surface area contributed by atoms with Crippen LogP contribution in [0.1, 0.15) is 15.9 Å². The van der Waals surface area contributed by atoms with E-state index in [1.807, 2.05) is 24.3 Å². The second kappa shape index (κ2) is 5.40. The first-order valence-corrected chi connectivity index (χ1v) is 6.46. The maximum Gasteiger partial charge on any atom is 0.168 e. The molecule has 0 fully saturated rings. The minimum absolute atomic E-state index is 0.0492. The number of nitrogens with zero attached hydrogens (tertiary/aromatic N) is 1. The van der Waals surface area contributed by atoms with E-state index in [9.17, 15) is 13.6 Å². The molecule has 21 heavy (non-hydrogen) atoms. The Balaban J connectivity index is 1.91. The first-order chi connectivity index (χ1) is 10.1. The number of halogens is 2. The fourth-order valence-electron chi connectivity index (χ4n) is 2.18. The number of rotatable bonds is 3. The van der Waals surface area contributed by atoms with Gasteiger partial charge in [0.1, 0.15) is 0 Å². The molecule has 0 atom stereocenters. The minimum Gasteiger partial charge on any atom is -0.294 e. The second-order valence-corrected chi connectivity index (χ2v) is 4.73. The summed E-state index contributed by atoms with van der Waals surface area (Å²) in [5.74, 6) is -2.21. The normalized spacial score (nSPS) is 10.8. The van der Waals surface area contributed by atoms with Crippen LogP contribution in [0, 0.1) is 11.6 Å². The molecule has 0 aliphatic carbocycles. The van der Waals surface area contributed by atoms with Crippen molar-refractivity contribution in [2.45, 2.75) is 6.42 Å². The number of fused-ring (bicyclic) bond motifs is 1. The maximum atomic E-state index is 13.6. The van der Waals surface area contributed by atoms with Crippen LogP contribution < -0.4 is 0 Å². The molecule has 0 amide bonds. The molecular weight excluding hydrogens is 272 g/mol. The minimum atomic E-state index is -0.973. The molecule has 0 radical (unpaired) electrons. The highest BCUT2D eigenvalue weighted by molar-refractivity contribution is 5.99. The predicted octanol–water partition coefficient (Wildman–Crippen LogP) is 3.94. The highest BCUT2D eigenvalue weighted by Gasteiger charge is 2.13. The summed E-state index contributed by atoms with van der Waals surface area (Å²) < 4.78 is 26.7. The second-order valence-electron chi connectivity index (χ2n) is 4.73. The van der Waals surface area contributed by atoms with Crippen molar-refractivity contribution in [3.8, 4) is 0 Å². The van der Waals surface area contributed by atoms with Crippen molar-refractivity contribution < 1.29 is 13.6 Å². The van der Waals surface area contributed by atoms with Gasteiger partial charge in [0, 0.05) is 23.6 Å². The van der Waals surface area contributed by atoms with Crippen molar-refractivity contribution in [3.05, 3.63) is 77.5 Å². The number of para-hydroxylation sites is 1. The molecule has 1 heterocycles. The van der Waals surface area contributed by atoms with E-state index < -0.39 is 11.6 Å². The molecule has 3 aromatic rings. The first kappa shape index (κ1) is 13.4. The van der Waals surface area contributed by atoms with E-state index in [0.29, 0.717) is 5.56 Å². The Morgan fingerprint density at radius 3 is 2.71 bits per heavy atom. The molecule has 0 aliphatic rings. The van der Waals surface area contributed by atoms with Gasteiger partial charge in [-0.25, -0.2) is 8.78 Å². The average molecular weight is 283 g/mol. The van der Waals surface area contributed by atoms with E-state index in [1.165, 1.54) is 18.3 Å². The number of pyridine rings is 1. The highest BCUT2D eigenvalue weighted by Crippen LogP contribution is 2.17. The van der Waals surface area contributed by atoms with Gasteiger partial charge in [-0.2, -0.15) is 0 Å².